The predicted octanol–water partition coefficient (Wildman–Crippen LogP) is 0.0395. The second-order valence-electron chi connectivity index (χ2n) is 3.27. The van der Waals surface area contributed by atoms with E-state index in [4.69, 9.17) is 10.2 Å². The van der Waals surface area contributed by atoms with Crippen LogP contribution in [-0.4, -0.2) is 52.9 Å². The van der Waals surface area contributed by atoms with E-state index in [9.17, 15) is 9.59 Å². The highest BCUT2D eigenvalue weighted by Crippen LogP contribution is 1.93. The van der Waals surface area contributed by atoms with Gasteiger partial charge in [0, 0.05) is 13.1 Å². The van der Waals surface area contributed by atoms with Crippen molar-refractivity contribution in [1.29, 1.82) is 0 Å². The van der Waals surface area contributed by atoms with Gasteiger partial charge in [0.25, 0.3) is 0 Å². The zero-order valence-electron chi connectivity index (χ0n) is 9.35. The SMILES string of the molecule is C=CCN(CCC)C(=O)NC[C@H](O)C(=O)O. The molecule has 0 rings (SSSR count). The molecular formula is C10H18N2O4. The fraction of sp³-hybridized carbons (Fsp3) is 0.600. The van der Waals surface area contributed by atoms with Gasteiger partial charge in [-0.05, 0) is 6.42 Å². The molecule has 0 spiro atoms. The Morgan fingerprint density at radius 1 is 1.56 bits per heavy atom. The number of hydrogen-bond donors (Lipinski definition) is 3. The highest BCUT2D eigenvalue weighted by molar-refractivity contribution is 5.76. The fourth-order valence-corrected chi connectivity index (χ4v) is 1.08. The lowest BCUT2D eigenvalue weighted by atomic mass is 10.3. The molecule has 0 aromatic rings. The number of carbonyl (C=O) groups is 2. The summed E-state index contributed by atoms with van der Waals surface area (Å²) in [7, 11) is 0. The largest absolute Gasteiger partial charge is 0.479 e. The highest BCUT2D eigenvalue weighted by Gasteiger charge is 2.16. The Morgan fingerprint density at radius 2 is 2.19 bits per heavy atom. The summed E-state index contributed by atoms with van der Waals surface area (Å²) in [6, 6.07) is -0.401. The first kappa shape index (κ1) is 14.4. The summed E-state index contributed by atoms with van der Waals surface area (Å²) in [5.74, 6) is -1.36. The van der Waals surface area contributed by atoms with Crippen molar-refractivity contribution in [3.8, 4) is 0 Å². The molecule has 16 heavy (non-hydrogen) atoms. The van der Waals surface area contributed by atoms with Gasteiger partial charge in [0.1, 0.15) is 0 Å². The molecule has 2 amide bonds. The quantitative estimate of drug-likeness (QED) is 0.539. The van der Waals surface area contributed by atoms with Gasteiger partial charge < -0.3 is 20.4 Å². The lowest BCUT2D eigenvalue weighted by molar-refractivity contribution is -0.146. The van der Waals surface area contributed by atoms with E-state index in [0.29, 0.717) is 13.1 Å². The minimum Gasteiger partial charge on any atom is -0.479 e. The van der Waals surface area contributed by atoms with Crippen molar-refractivity contribution in [2.75, 3.05) is 19.6 Å². The van der Waals surface area contributed by atoms with E-state index in [1.54, 1.807) is 6.08 Å². The number of hydrogen-bond acceptors (Lipinski definition) is 3. The third-order valence-corrected chi connectivity index (χ3v) is 1.86. The number of rotatable bonds is 7. The highest BCUT2D eigenvalue weighted by atomic mass is 16.4. The summed E-state index contributed by atoms with van der Waals surface area (Å²) < 4.78 is 0. The van der Waals surface area contributed by atoms with Crippen LogP contribution in [-0.2, 0) is 4.79 Å². The number of aliphatic hydroxyl groups is 1. The number of urea groups is 1. The van der Waals surface area contributed by atoms with E-state index < -0.39 is 18.1 Å². The summed E-state index contributed by atoms with van der Waals surface area (Å²) in [6.07, 6.45) is 0.808. The first-order valence-electron chi connectivity index (χ1n) is 5.07. The number of nitrogens with zero attached hydrogens (tertiary/aromatic N) is 1. The van der Waals surface area contributed by atoms with Gasteiger partial charge in [-0.3, -0.25) is 0 Å². The molecule has 6 nitrogen and oxygen atoms in total. The Balaban J connectivity index is 4.09. The van der Waals surface area contributed by atoms with Crippen LogP contribution >= 0.6 is 0 Å². The molecule has 3 N–H and O–H groups in total. The van der Waals surface area contributed by atoms with Crippen LogP contribution in [0.25, 0.3) is 0 Å². The molecule has 0 saturated carbocycles. The normalized spacial score (nSPS) is 11.6. The van der Waals surface area contributed by atoms with Crippen LogP contribution in [0.2, 0.25) is 0 Å². The Hall–Kier alpha value is -1.56. The molecule has 0 radical (unpaired) electrons. The van der Waals surface area contributed by atoms with Gasteiger partial charge in [-0.2, -0.15) is 0 Å². The van der Waals surface area contributed by atoms with Crippen molar-refractivity contribution in [2.24, 2.45) is 0 Å². The third-order valence-electron chi connectivity index (χ3n) is 1.86. The van der Waals surface area contributed by atoms with Crippen molar-refractivity contribution in [3.63, 3.8) is 0 Å². The van der Waals surface area contributed by atoms with E-state index in [1.165, 1.54) is 4.90 Å². The second kappa shape index (κ2) is 7.70. The van der Waals surface area contributed by atoms with Crippen LogP contribution in [0, 0.1) is 0 Å². The molecule has 92 valence electrons. The van der Waals surface area contributed by atoms with Crippen molar-refractivity contribution in [1.82, 2.24) is 10.2 Å². The Labute approximate surface area is 94.6 Å². The van der Waals surface area contributed by atoms with Crippen LogP contribution in [0.4, 0.5) is 4.79 Å². The van der Waals surface area contributed by atoms with Gasteiger partial charge in [0.15, 0.2) is 6.10 Å². The summed E-state index contributed by atoms with van der Waals surface area (Å²) in [4.78, 5) is 23.3. The molecule has 6 heteroatoms. The summed E-state index contributed by atoms with van der Waals surface area (Å²) in [5, 5.41) is 19.7. The molecule has 0 unspecified atom stereocenters. The van der Waals surface area contributed by atoms with Gasteiger partial charge in [-0.1, -0.05) is 13.0 Å². The van der Waals surface area contributed by atoms with E-state index in [0.717, 1.165) is 6.42 Å². The Morgan fingerprint density at radius 3 is 2.62 bits per heavy atom. The number of aliphatic carboxylic acids is 1. The number of carbonyl (C=O) groups excluding carboxylic acids is 1. The number of nitrogens with one attached hydrogen (secondary N) is 1. The molecule has 0 fully saturated rings. The van der Waals surface area contributed by atoms with Crippen molar-refractivity contribution < 1.29 is 19.8 Å². The number of carboxylic acid groups (broad SMARTS) is 1. The average molecular weight is 230 g/mol. The Bertz CT molecular complexity index is 255. The number of amides is 2. The predicted molar refractivity (Wildman–Crippen MR) is 59.1 cm³/mol. The lowest BCUT2D eigenvalue weighted by Gasteiger charge is -2.21. The molecule has 0 aliphatic carbocycles. The first-order valence-corrected chi connectivity index (χ1v) is 5.07. The molecular weight excluding hydrogens is 212 g/mol. The molecule has 0 aliphatic rings. The van der Waals surface area contributed by atoms with Crippen molar-refractivity contribution in [2.45, 2.75) is 19.4 Å². The molecule has 0 bridgehead atoms. The number of carboxylic acids is 1. The minimum absolute atomic E-state index is 0.300. The maximum atomic E-state index is 11.5. The zero-order valence-corrected chi connectivity index (χ0v) is 9.35. The maximum absolute atomic E-state index is 11.5. The zero-order chi connectivity index (χ0) is 12.6. The molecule has 0 saturated heterocycles. The van der Waals surface area contributed by atoms with Crippen LogP contribution in [0.1, 0.15) is 13.3 Å². The minimum atomic E-state index is -1.57. The molecule has 0 heterocycles. The smallest absolute Gasteiger partial charge is 0.334 e. The molecule has 0 aromatic carbocycles. The van der Waals surface area contributed by atoms with E-state index in [-0.39, 0.29) is 6.54 Å². The molecule has 1 atom stereocenters. The standard InChI is InChI=1S/C10H18N2O4/c1-3-5-12(6-4-2)10(16)11-7-8(13)9(14)15/h3,8,13H,1,4-7H2,2H3,(H,11,16)(H,14,15)/t8-/m0/s1. The second-order valence-corrected chi connectivity index (χ2v) is 3.27. The van der Waals surface area contributed by atoms with Gasteiger partial charge in [-0.25, -0.2) is 9.59 Å². The van der Waals surface area contributed by atoms with E-state index in [1.807, 2.05) is 6.92 Å². The van der Waals surface area contributed by atoms with Gasteiger partial charge in [-0.15, -0.1) is 6.58 Å². The first-order chi connectivity index (χ1) is 7.52. The van der Waals surface area contributed by atoms with Crippen molar-refractivity contribution >= 4 is 12.0 Å². The molecule has 0 aliphatic heterocycles. The van der Waals surface area contributed by atoms with Crippen LogP contribution in [0.5, 0.6) is 0 Å². The van der Waals surface area contributed by atoms with Gasteiger partial charge in [0.2, 0.25) is 0 Å². The monoisotopic (exact) mass is 230 g/mol. The topological polar surface area (TPSA) is 89.9 Å². The Kier molecular flexibility index (Phi) is 6.95. The summed E-state index contributed by atoms with van der Waals surface area (Å²) in [6.45, 7) is 6.10. The average Bonchev–Trinajstić information content (AvgIpc) is 2.24. The van der Waals surface area contributed by atoms with Crippen LogP contribution in [0.3, 0.4) is 0 Å². The van der Waals surface area contributed by atoms with Gasteiger partial charge >= 0.3 is 12.0 Å². The van der Waals surface area contributed by atoms with E-state index in [2.05, 4.69) is 11.9 Å². The van der Waals surface area contributed by atoms with Crippen LogP contribution < -0.4 is 5.32 Å². The van der Waals surface area contributed by atoms with Crippen molar-refractivity contribution in [3.05, 3.63) is 12.7 Å². The van der Waals surface area contributed by atoms with E-state index >= 15 is 0 Å². The molecule has 0 aromatic heterocycles. The van der Waals surface area contributed by atoms with Gasteiger partial charge in [0.05, 0.1) is 6.54 Å². The fourth-order valence-electron chi connectivity index (χ4n) is 1.08. The third kappa shape index (κ3) is 5.35. The maximum Gasteiger partial charge on any atom is 0.334 e. The lowest BCUT2D eigenvalue weighted by Crippen LogP contribution is -2.44. The summed E-state index contributed by atoms with van der Waals surface area (Å²) in [5.41, 5.74) is 0. The summed E-state index contributed by atoms with van der Waals surface area (Å²) >= 11 is 0. The van der Waals surface area contributed by atoms with Crippen LogP contribution in [0.15, 0.2) is 12.7 Å². The number of aliphatic hydroxyl groups excluding tert-OH is 1.